The molecule has 1 aliphatic carbocycles. The van der Waals surface area contributed by atoms with Gasteiger partial charge in [0.25, 0.3) is 5.91 Å². The second kappa shape index (κ2) is 11.6. The predicted octanol–water partition coefficient (Wildman–Crippen LogP) is 4.25. The van der Waals surface area contributed by atoms with Crippen molar-refractivity contribution in [1.29, 1.82) is 0 Å². The largest absolute Gasteiger partial charge is 0.497 e. The second-order valence-electron chi connectivity index (χ2n) is 8.49. The first-order valence-electron chi connectivity index (χ1n) is 11.4. The molecule has 32 heavy (non-hydrogen) atoms. The molecule has 2 aromatic rings. The lowest BCUT2D eigenvalue weighted by Crippen LogP contribution is -2.51. The second-order valence-corrected chi connectivity index (χ2v) is 8.49. The fraction of sp³-hybridized carbons (Fsp3) is 0.462. The van der Waals surface area contributed by atoms with Gasteiger partial charge in [0.05, 0.1) is 7.11 Å². The summed E-state index contributed by atoms with van der Waals surface area (Å²) in [7, 11) is 1.60. The lowest BCUT2D eigenvalue weighted by atomic mass is 9.95. The van der Waals surface area contributed by atoms with E-state index in [1.165, 1.54) is 6.42 Å². The van der Waals surface area contributed by atoms with E-state index in [0.717, 1.165) is 42.6 Å². The maximum atomic E-state index is 13.1. The van der Waals surface area contributed by atoms with Gasteiger partial charge in [0.2, 0.25) is 5.91 Å². The van der Waals surface area contributed by atoms with Crippen molar-refractivity contribution in [2.75, 3.05) is 13.7 Å². The summed E-state index contributed by atoms with van der Waals surface area (Å²) in [5.74, 6) is 0.959. The predicted molar refractivity (Wildman–Crippen MR) is 125 cm³/mol. The zero-order chi connectivity index (χ0) is 22.9. The van der Waals surface area contributed by atoms with Gasteiger partial charge in [-0.05, 0) is 56.5 Å². The van der Waals surface area contributed by atoms with E-state index in [1.54, 1.807) is 43.2 Å². The van der Waals surface area contributed by atoms with Gasteiger partial charge in [0.15, 0.2) is 6.61 Å². The fourth-order valence-corrected chi connectivity index (χ4v) is 3.94. The standard InChI is InChI=1S/C26H34N2O4/c1-19-9-11-21(12-10-19)17-28(20(2)26(30)27-22-7-5-4-6-8-22)25(29)18-32-24-15-13-23(31-3)14-16-24/h9-16,20,22H,4-8,17-18H2,1-3H3,(H,27,30)/t20-/m1/s1. The highest BCUT2D eigenvalue weighted by Crippen LogP contribution is 2.19. The summed E-state index contributed by atoms with van der Waals surface area (Å²) < 4.78 is 10.9. The molecule has 2 aromatic carbocycles. The van der Waals surface area contributed by atoms with Crippen LogP contribution in [0.5, 0.6) is 11.5 Å². The van der Waals surface area contributed by atoms with Crippen LogP contribution in [-0.2, 0) is 16.1 Å². The van der Waals surface area contributed by atoms with E-state index in [1.807, 2.05) is 31.2 Å². The van der Waals surface area contributed by atoms with E-state index >= 15 is 0 Å². The Kier molecular flexibility index (Phi) is 8.54. The SMILES string of the molecule is COc1ccc(OCC(=O)N(Cc2ccc(C)cc2)[C@H](C)C(=O)NC2CCCCC2)cc1. The Morgan fingerprint density at radius 2 is 1.62 bits per heavy atom. The van der Waals surface area contributed by atoms with Crippen LogP contribution in [0.2, 0.25) is 0 Å². The third-order valence-electron chi connectivity index (χ3n) is 6.01. The number of ether oxygens (including phenoxy) is 2. The first-order chi connectivity index (χ1) is 15.5. The molecule has 1 fully saturated rings. The fourth-order valence-electron chi connectivity index (χ4n) is 3.94. The minimum Gasteiger partial charge on any atom is -0.497 e. The zero-order valence-electron chi connectivity index (χ0n) is 19.3. The highest BCUT2D eigenvalue weighted by Gasteiger charge is 2.28. The summed E-state index contributed by atoms with van der Waals surface area (Å²) in [5, 5.41) is 3.15. The smallest absolute Gasteiger partial charge is 0.261 e. The highest BCUT2D eigenvalue weighted by atomic mass is 16.5. The molecule has 0 radical (unpaired) electrons. The third kappa shape index (κ3) is 6.74. The van der Waals surface area contributed by atoms with Gasteiger partial charge in [-0.1, -0.05) is 49.1 Å². The van der Waals surface area contributed by atoms with Crippen LogP contribution >= 0.6 is 0 Å². The molecule has 6 heteroatoms. The Bertz CT molecular complexity index is 874. The topological polar surface area (TPSA) is 67.9 Å². The Labute approximate surface area is 190 Å². The molecule has 0 saturated heterocycles. The highest BCUT2D eigenvalue weighted by molar-refractivity contribution is 5.88. The van der Waals surface area contributed by atoms with Crippen molar-refractivity contribution >= 4 is 11.8 Å². The number of rotatable bonds is 9. The number of methoxy groups -OCH3 is 1. The van der Waals surface area contributed by atoms with Crippen LogP contribution in [-0.4, -0.2) is 42.5 Å². The first-order valence-corrected chi connectivity index (χ1v) is 11.4. The zero-order valence-corrected chi connectivity index (χ0v) is 19.3. The van der Waals surface area contributed by atoms with Gasteiger partial charge in [-0.3, -0.25) is 9.59 Å². The van der Waals surface area contributed by atoms with Crippen molar-refractivity contribution in [1.82, 2.24) is 10.2 Å². The quantitative estimate of drug-likeness (QED) is 0.636. The average molecular weight is 439 g/mol. The number of amides is 2. The van der Waals surface area contributed by atoms with Crippen LogP contribution in [0.1, 0.15) is 50.2 Å². The molecule has 0 aliphatic heterocycles. The van der Waals surface area contributed by atoms with E-state index in [4.69, 9.17) is 9.47 Å². The molecule has 1 atom stereocenters. The van der Waals surface area contributed by atoms with E-state index in [-0.39, 0.29) is 24.5 Å². The number of nitrogens with zero attached hydrogens (tertiary/aromatic N) is 1. The summed E-state index contributed by atoms with van der Waals surface area (Å²) in [6.45, 7) is 4.02. The number of hydrogen-bond acceptors (Lipinski definition) is 4. The van der Waals surface area contributed by atoms with Crippen molar-refractivity contribution in [3.63, 3.8) is 0 Å². The molecule has 1 saturated carbocycles. The average Bonchev–Trinajstić information content (AvgIpc) is 2.82. The number of carbonyl (C=O) groups excluding carboxylic acids is 2. The first kappa shape index (κ1) is 23.6. The lowest BCUT2D eigenvalue weighted by molar-refractivity contribution is -0.142. The van der Waals surface area contributed by atoms with Gasteiger partial charge in [0, 0.05) is 12.6 Å². The maximum absolute atomic E-state index is 13.1. The summed E-state index contributed by atoms with van der Waals surface area (Å²) in [4.78, 5) is 27.7. The number of hydrogen-bond donors (Lipinski definition) is 1. The molecule has 0 spiro atoms. The van der Waals surface area contributed by atoms with Gasteiger partial charge in [0.1, 0.15) is 17.5 Å². The van der Waals surface area contributed by atoms with E-state index in [9.17, 15) is 9.59 Å². The molecule has 1 aliphatic rings. The van der Waals surface area contributed by atoms with Crippen molar-refractivity contribution in [3.05, 3.63) is 59.7 Å². The van der Waals surface area contributed by atoms with Crippen molar-refractivity contribution in [2.45, 2.75) is 64.6 Å². The number of benzene rings is 2. The minimum absolute atomic E-state index is 0.109. The summed E-state index contributed by atoms with van der Waals surface area (Å²) in [6, 6.07) is 14.7. The molecular weight excluding hydrogens is 404 g/mol. The summed E-state index contributed by atoms with van der Waals surface area (Å²) in [5.41, 5.74) is 2.13. The van der Waals surface area contributed by atoms with Crippen molar-refractivity contribution in [2.24, 2.45) is 0 Å². The molecule has 0 bridgehead atoms. The van der Waals surface area contributed by atoms with Gasteiger partial charge in [-0.15, -0.1) is 0 Å². The van der Waals surface area contributed by atoms with Crippen molar-refractivity contribution in [3.8, 4) is 11.5 Å². The lowest BCUT2D eigenvalue weighted by Gasteiger charge is -2.31. The molecule has 0 heterocycles. The van der Waals surface area contributed by atoms with Gasteiger partial charge in [-0.25, -0.2) is 0 Å². The van der Waals surface area contributed by atoms with Crippen LogP contribution < -0.4 is 14.8 Å². The number of aryl methyl sites for hydroxylation is 1. The maximum Gasteiger partial charge on any atom is 0.261 e. The van der Waals surface area contributed by atoms with Crippen LogP contribution in [0.25, 0.3) is 0 Å². The van der Waals surface area contributed by atoms with Gasteiger partial charge in [-0.2, -0.15) is 0 Å². The number of nitrogens with one attached hydrogen (secondary N) is 1. The Balaban J connectivity index is 1.68. The van der Waals surface area contributed by atoms with Gasteiger partial charge < -0.3 is 19.7 Å². The molecular formula is C26H34N2O4. The van der Waals surface area contributed by atoms with E-state index in [0.29, 0.717) is 12.3 Å². The minimum atomic E-state index is -0.592. The Morgan fingerprint density at radius 1 is 1.00 bits per heavy atom. The number of carbonyl (C=O) groups is 2. The summed E-state index contributed by atoms with van der Waals surface area (Å²) >= 11 is 0. The van der Waals surface area contributed by atoms with Crippen LogP contribution in [0.3, 0.4) is 0 Å². The molecule has 0 unspecified atom stereocenters. The van der Waals surface area contributed by atoms with E-state index in [2.05, 4.69) is 5.32 Å². The van der Waals surface area contributed by atoms with E-state index < -0.39 is 6.04 Å². The molecule has 3 rings (SSSR count). The van der Waals surface area contributed by atoms with Crippen LogP contribution in [0, 0.1) is 6.92 Å². The molecule has 172 valence electrons. The third-order valence-corrected chi connectivity index (χ3v) is 6.01. The molecule has 2 amide bonds. The van der Waals surface area contributed by atoms with Crippen LogP contribution in [0.4, 0.5) is 0 Å². The summed E-state index contributed by atoms with van der Waals surface area (Å²) in [6.07, 6.45) is 5.51. The van der Waals surface area contributed by atoms with Gasteiger partial charge >= 0.3 is 0 Å². The Morgan fingerprint density at radius 3 is 2.25 bits per heavy atom. The Hall–Kier alpha value is -3.02. The monoisotopic (exact) mass is 438 g/mol. The normalized spacial score (nSPS) is 15.0. The molecule has 1 N–H and O–H groups in total. The molecule has 0 aromatic heterocycles. The van der Waals surface area contributed by atoms with Crippen molar-refractivity contribution < 1.29 is 19.1 Å². The van der Waals surface area contributed by atoms with Crippen LogP contribution in [0.15, 0.2) is 48.5 Å². The molecule has 6 nitrogen and oxygen atoms in total.